The Bertz CT molecular complexity index is 460. The van der Waals surface area contributed by atoms with Crippen LogP contribution >= 0.6 is 0 Å². The second-order valence-electron chi connectivity index (χ2n) is 3.73. The summed E-state index contributed by atoms with van der Waals surface area (Å²) >= 11 is 0. The largest absolute Gasteiger partial charge is 0.493 e. The Morgan fingerprint density at radius 1 is 1.40 bits per heavy atom. The van der Waals surface area contributed by atoms with E-state index >= 15 is 0 Å². The summed E-state index contributed by atoms with van der Waals surface area (Å²) in [7, 11) is 0. The van der Waals surface area contributed by atoms with Gasteiger partial charge in [-0.05, 0) is 6.92 Å². The van der Waals surface area contributed by atoms with Gasteiger partial charge in [0.15, 0.2) is 0 Å². The second kappa shape index (κ2) is 7.77. The molecule has 110 valence electrons. The van der Waals surface area contributed by atoms with Crippen LogP contribution in [-0.4, -0.2) is 46.8 Å². The Labute approximate surface area is 115 Å². The lowest BCUT2D eigenvalue weighted by molar-refractivity contribution is -0.141. The Morgan fingerprint density at radius 3 is 2.80 bits per heavy atom. The normalized spacial score (nSPS) is 9.85. The van der Waals surface area contributed by atoms with Crippen molar-refractivity contribution < 1.29 is 19.4 Å². The first kappa shape index (κ1) is 15.5. The monoisotopic (exact) mass is 283 g/mol. The van der Waals surface area contributed by atoms with Crippen LogP contribution in [-0.2, 0) is 16.0 Å². The number of amides is 2. The summed E-state index contributed by atoms with van der Waals surface area (Å²) in [5.41, 5.74) is 5.44. The van der Waals surface area contributed by atoms with Gasteiger partial charge in [0.2, 0.25) is 5.88 Å². The van der Waals surface area contributed by atoms with Gasteiger partial charge in [-0.2, -0.15) is 4.98 Å². The van der Waals surface area contributed by atoms with E-state index < -0.39 is 12.0 Å². The molecule has 2 amide bonds. The Hall–Kier alpha value is -2.58. The van der Waals surface area contributed by atoms with Gasteiger partial charge in [0, 0.05) is 19.0 Å². The van der Waals surface area contributed by atoms with E-state index in [0.717, 1.165) is 0 Å². The maximum Gasteiger partial charge on any atom is 0.325 e. The molecule has 9 heteroatoms. The number of anilines is 1. The number of carbonyl (C=O) groups excluding carboxylic acids is 2. The van der Waals surface area contributed by atoms with Crippen LogP contribution in [0.15, 0.2) is 6.07 Å². The molecule has 1 rings (SSSR count). The summed E-state index contributed by atoms with van der Waals surface area (Å²) in [6, 6.07) is 0.717. The Balaban J connectivity index is 2.26. The van der Waals surface area contributed by atoms with Crippen molar-refractivity contribution in [2.24, 2.45) is 0 Å². The van der Waals surface area contributed by atoms with Crippen LogP contribution in [0.4, 0.5) is 10.6 Å². The summed E-state index contributed by atoms with van der Waals surface area (Å²) in [4.78, 5) is 30.0. The second-order valence-corrected chi connectivity index (χ2v) is 3.73. The van der Waals surface area contributed by atoms with Gasteiger partial charge in [-0.15, -0.1) is 0 Å². The van der Waals surface area contributed by atoms with E-state index in [1.807, 2.05) is 0 Å². The molecule has 0 aliphatic carbocycles. The first-order valence-corrected chi connectivity index (χ1v) is 6.01. The number of nitrogens with zero attached hydrogens (tertiary/aromatic N) is 2. The zero-order valence-corrected chi connectivity index (χ0v) is 11.0. The number of nitrogen functional groups attached to an aromatic ring is 1. The third kappa shape index (κ3) is 5.85. The van der Waals surface area contributed by atoms with Crippen LogP contribution in [0.2, 0.25) is 0 Å². The van der Waals surface area contributed by atoms with Crippen LogP contribution in [0.5, 0.6) is 5.88 Å². The molecule has 9 nitrogen and oxygen atoms in total. The lowest BCUT2D eigenvalue weighted by Gasteiger charge is -2.07. The maximum absolute atomic E-state index is 11.3. The molecule has 5 N–H and O–H groups in total. The van der Waals surface area contributed by atoms with Crippen molar-refractivity contribution >= 4 is 17.8 Å². The molecule has 0 atom stereocenters. The van der Waals surface area contributed by atoms with E-state index in [1.54, 1.807) is 6.92 Å². The first-order chi connectivity index (χ1) is 9.51. The summed E-state index contributed by atoms with van der Waals surface area (Å²) in [6.07, 6.45) is 0.297. The van der Waals surface area contributed by atoms with Gasteiger partial charge in [0.1, 0.15) is 18.2 Å². The van der Waals surface area contributed by atoms with Crippen LogP contribution in [0, 0.1) is 0 Å². The molecular formula is C11H17N5O4. The van der Waals surface area contributed by atoms with Crippen molar-refractivity contribution in [3.8, 4) is 5.88 Å². The van der Waals surface area contributed by atoms with Gasteiger partial charge in [0.25, 0.3) is 0 Å². The highest BCUT2D eigenvalue weighted by Crippen LogP contribution is 2.08. The van der Waals surface area contributed by atoms with Gasteiger partial charge < -0.3 is 26.2 Å². The van der Waals surface area contributed by atoms with Gasteiger partial charge in [-0.3, -0.25) is 4.79 Å². The molecule has 20 heavy (non-hydrogen) atoms. The first-order valence-electron chi connectivity index (χ1n) is 6.01. The third-order valence-electron chi connectivity index (χ3n) is 2.11. The maximum atomic E-state index is 11.3. The third-order valence-corrected chi connectivity index (χ3v) is 2.11. The lowest BCUT2D eigenvalue weighted by Crippen LogP contribution is -2.39. The molecule has 1 aromatic heterocycles. The van der Waals surface area contributed by atoms with Crippen molar-refractivity contribution in [1.82, 2.24) is 20.6 Å². The standard InChI is InChI=1S/C11H17N5O4/c1-2-20-10(18)6-14-11(19)13-4-3-8-15-7(12)5-9(17)16-8/h5H,2-4,6H2,1H3,(H2,13,14,19)(H3,12,15,16,17). The van der Waals surface area contributed by atoms with E-state index in [-0.39, 0.29) is 31.4 Å². The molecule has 0 fully saturated rings. The Kier molecular flexibility index (Phi) is 6.01. The fourth-order valence-corrected chi connectivity index (χ4v) is 1.33. The quantitative estimate of drug-likeness (QED) is 0.499. The van der Waals surface area contributed by atoms with Crippen LogP contribution in [0.25, 0.3) is 0 Å². The van der Waals surface area contributed by atoms with Crippen LogP contribution in [0.1, 0.15) is 12.7 Å². The molecule has 1 aromatic rings. The highest BCUT2D eigenvalue weighted by atomic mass is 16.5. The minimum absolute atomic E-state index is 0.152. The molecule has 1 heterocycles. The zero-order valence-electron chi connectivity index (χ0n) is 11.0. The number of nitrogens with one attached hydrogen (secondary N) is 2. The number of hydrogen-bond acceptors (Lipinski definition) is 7. The molecule has 0 spiro atoms. The van der Waals surface area contributed by atoms with E-state index in [1.165, 1.54) is 6.07 Å². The van der Waals surface area contributed by atoms with E-state index in [4.69, 9.17) is 5.73 Å². The molecule has 0 saturated heterocycles. The minimum atomic E-state index is -0.508. The highest BCUT2D eigenvalue weighted by molar-refractivity contribution is 5.80. The molecule has 0 aromatic carbocycles. The average molecular weight is 283 g/mol. The molecular weight excluding hydrogens is 266 g/mol. The summed E-state index contributed by atoms with van der Waals surface area (Å²) in [5.74, 6) is -0.265. The predicted octanol–water partition coefficient (Wildman–Crippen LogP) is -0.831. The number of nitrogens with two attached hydrogens (primary N) is 1. The van der Waals surface area contributed by atoms with Gasteiger partial charge in [0.05, 0.1) is 6.61 Å². The fraction of sp³-hybridized carbons (Fsp3) is 0.455. The molecule has 0 radical (unpaired) electrons. The van der Waals surface area contributed by atoms with Gasteiger partial charge in [-0.25, -0.2) is 9.78 Å². The van der Waals surface area contributed by atoms with Crippen molar-refractivity contribution in [3.63, 3.8) is 0 Å². The van der Waals surface area contributed by atoms with Gasteiger partial charge in [-0.1, -0.05) is 0 Å². The van der Waals surface area contributed by atoms with E-state index in [9.17, 15) is 14.7 Å². The van der Waals surface area contributed by atoms with Crippen LogP contribution < -0.4 is 16.4 Å². The van der Waals surface area contributed by atoms with Gasteiger partial charge >= 0.3 is 12.0 Å². The van der Waals surface area contributed by atoms with E-state index in [0.29, 0.717) is 12.2 Å². The minimum Gasteiger partial charge on any atom is -0.493 e. The van der Waals surface area contributed by atoms with Crippen LogP contribution in [0.3, 0.4) is 0 Å². The van der Waals surface area contributed by atoms with Crippen molar-refractivity contribution in [1.29, 1.82) is 0 Å². The summed E-state index contributed by atoms with van der Waals surface area (Å²) in [6.45, 7) is 1.98. The highest BCUT2D eigenvalue weighted by Gasteiger charge is 2.06. The summed E-state index contributed by atoms with van der Waals surface area (Å²) in [5, 5.41) is 14.1. The molecule has 0 bridgehead atoms. The van der Waals surface area contributed by atoms with Crippen molar-refractivity contribution in [2.75, 3.05) is 25.4 Å². The zero-order chi connectivity index (χ0) is 15.0. The molecule has 0 saturated carbocycles. The number of rotatable bonds is 6. The number of urea groups is 1. The Morgan fingerprint density at radius 2 is 2.15 bits per heavy atom. The number of aromatic hydroxyl groups is 1. The van der Waals surface area contributed by atoms with E-state index in [2.05, 4.69) is 25.3 Å². The SMILES string of the molecule is CCOC(=O)CNC(=O)NCCc1nc(N)cc(O)n1. The number of ether oxygens (including phenoxy) is 1. The topological polar surface area (TPSA) is 139 Å². The lowest BCUT2D eigenvalue weighted by atomic mass is 10.4. The van der Waals surface area contributed by atoms with Crippen molar-refractivity contribution in [2.45, 2.75) is 13.3 Å². The predicted molar refractivity (Wildman–Crippen MR) is 69.8 cm³/mol. The molecule has 0 unspecified atom stereocenters. The smallest absolute Gasteiger partial charge is 0.325 e. The molecule has 0 aliphatic heterocycles. The number of esters is 1. The number of carbonyl (C=O) groups is 2. The number of aromatic nitrogens is 2. The fourth-order valence-electron chi connectivity index (χ4n) is 1.33. The molecule has 0 aliphatic rings. The average Bonchev–Trinajstić information content (AvgIpc) is 2.35. The number of hydrogen-bond donors (Lipinski definition) is 4. The summed E-state index contributed by atoms with van der Waals surface area (Å²) < 4.78 is 4.65. The van der Waals surface area contributed by atoms with Crippen molar-refractivity contribution in [3.05, 3.63) is 11.9 Å².